The lowest BCUT2D eigenvalue weighted by Crippen LogP contribution is -3.06. The minimum absolute atomic E-state index is 0.130. The third-order valence-electron chi connectivity index (χ3n) is 5.50. The van der Waals surface area contributed by atoms with Crippen LogP contribution < -0.4 is 10.0 Å². The summed E-state index contributed by atoms with van der Waals surface area (Å²) in [6.45, 7) is 2.43. The van der Waals surface area contributed by atoms with Crippen LogP contribution in [0.25, 0.3) is 11.4 Å². The van der Waals surface area contributed by atoms with E-state index < -0.39 is 29.3 Å². The number of hydrogen-bond acceptors (Lipinski definition) is 4. The molecule has 2 aromatic heterocycles. The SMILES string of the molecule is Cc1nc2ccccn2c1/C([O-])=C1\C(=O)C(=O)N(CC[NH+](C)C)C1c1ccccc1F. The van der Waals surface area contributed by atoms with Crippen molar-refractivity contribution in [2.45, 2.75) is 13.0 Å². The van der Waals surface area contributed by atoms with E-state index in [2.05, 4.69) is 4.98 Å². The van der Waals surface area contributed by atoms with Gasteiger partial charge in [-0.2, -0.15) is 0 Å². The average molecular weight is 422 g/mol. The first-order valence-corrected chi connectivity index (χ1v) is 10.0. The van der Waals surface area contributed by atoms with Gasteiger partial charge in [0.15, 0.2) is 0 Å². The number of nitrogens with zero attached hydrogens (tertiary/aromatic N) is 3. The van der Waals surface area contributed by atoms with Crippen molar-refractivity contribution in [3.05, 3.63) is 77.0 Å². The number of carbonyl (C=O) groups excluding carboxylic acids is 2. The molecule has 1 atom stereocenters. The van der Waals surface area contributed by atoms with Crippen LogP contribution in [0.3, 0.4) is 0 Å². The van der Waals surface area contributed by atoms with Crippen LogP contribution >= 0.6 is 0 Å². The molecule has 1 amide bonds. The number of ketones is 1. The summed E-state index contributed by atoms with van der Waals surface area (Å²) < 4.78 is 16.4. The van der Waals surface area contributed by atoms with Crippen LogP contribution in [0.2, 0.25) is 0 Å². The van der Waals surface area contributed by atoms with E-state index in [1.165, 1.54) is 23.1 Å². The number of pyridine rings is 1. The number of hydrogen-bond donors (Lipinski definition) is 1. The molecule has 31 heavy (non-hydrogen) atoms. The summed E-state index contributed by atoms with van der Waals surface area (Å²) in [4.78, 5) is 32.7. The van der Waals surface area contributed by atoms with E-state index in [4.69, 9.17) is 0 Å². The standard InChI is InChI=1S/C23H23FN4O3/c1-14-19(27-11-7-6-10-17(27)25-14)21(29)18-20(15-8-4-5-9-16(15)24)28(13-12-26(2)3)23(31)22(18)30/h4-11,20,29H,12-13H2,1-3H3/b21-18+. The van der Waals surface area contributed by atoms with Gasteiger partial charge in [0, 0.05) is 17.3 Å². The first-order chi connectivity index (χ1) is 14.8. The highest BCUT2D eigenvalue weighted by Gasteiger charge is 2.45. The number of likely N-dealkylation sites (tertiary alicyclic amines) is 1. The Morgan fingerprint density at radius 2 is 1.87 bits per heavy atom. The number of nitrogens with one attached hydrogen (secondary N) is 1. The maximum absolute atomic E-state index is 14.8. The molecular weight excluding hydrogens is 399 g/mol. The minimum Gasteiger partial charge on any atom is -0.871 e. The lowest BCUT2D eigenvalue weighted by Gasteiger charge is -2.28. The Labute approximate surface area is 179 Å². The maximum atomic E-state index is 14.8. The smallest absolute Gasteiger partial charge is 0.295 e. The number of Topliss-reactive ketones (excluding diaryl/α,β-unsaturated/α-hetero) is 1. The molecule has 1 aliphatic heterocycles. The fourth-order valence-electron chi connectivity index (χ4n) is 3.98. The van der Waals surface area contributed by atoms with Crippen LogP contribution in [-0.4, -0.2) is 53.2 Å². The lowest BCUT2D eigenvalue weighted by atomic mass is 9.96. The van der Waals surface area contributed by atoms with E-state index in [1.54, 1.807) is 41.8 Å². The molecule has 0 saturated carbocycles. The average Bonchev–Trinajstić information content (AvgIpc) is 3.20. The third kappa shape index (κ3) is 3.48. The number of quaternary nitrogens is 1. The molecule has 1 aliphatic rings. The lowest BCUT2D eigenvalue weighted by molar-refractivity contribution is -0.857. The minimum atomic E-state index is -1.08. The molecule has 7 nitrogen and oxygen atoms in total. The molecular formula is C23H23FN4O3. The Balaban J connectivity index is 1.95. The summed E-state index contributed by atoms with van der Waals surface area (Å²) >= 11 is 0. The van der Waals surface area contributed by atoms with Gasteiger partial charge in [-0.25, -0.2) is 9.37 Å². The molecule has 0 aliphatic carbocycles. The molecule has 8 heteroatoms. The molecule has 160 valence electrons. The Hall–Kier alpha value is -3.52. The largest absolute Gasteiger partial charge is 0.871 e. The number of rotatable bonds is 5. The van der Waals surface area contributed by atoms with E-state index in [1.807, 2.05) is 14.1 Å². The predicted molar refractivity (Wildman–Crippen MR) is 110 cm³/mol. The Morgan fingerprint density at radius 3 is 2.58 bits per heavy atom. The third-order valence-corrected chi connectivity index (χ3v) is 5.50. The van der Waals surface area contributed by atoms with Crippen molar-refractivity contribution in [3.8, 4) is 0 Å². The zero-order valence-electron chi connectivity index (χ0n) is 17.6. The quantitative estimate of drug-likeness (QED) is 0.361. The van der Waals surface area contributed by atoms with Gasteiger partial charge in [-0.15, -0.1) is 0 Å². The van der Waals surface area contributed by atoms with E-state index >= 15 is 0 Å². The van der Waals surface area contributed by atoms with Crippen LogP contribution in [0.5, 0.6) is 0 Å². The molecule has 4 rings (SSSR count). The highest BCUT2D eigenvalue weighted by atomic mass is 19.1. The van der Waals surface area contributed by atoms with E-state index in [-0.39, 0.29) is 23.4 Å². The highest BCUT2D eigenvalue weighted by Crippen LogP contribution is 2.39. The number of carbonyl (C=O) groups is 2. The van der Waals surface area contributed by atoms with Gasteiger partial charge in [-0.1, -0.05) is 30.0 Å². The molecule has 0 spiro atoms. The number of imidazole rings is 1. The molecule has 3 aromatic rings. The summed E-state index contributed by atoms with van der Waals surface area (Å²) in [7, 11) is 3.83. The fourth-order valence-corrected chi connectivity index (χ4v) is 3.98. The predicted octanol–water partition coefficient (Wildman–Crippen LogP) is 0.150. The Kier molecular flexibility index (Phi) is 5.32. The zero-order valence-corrected chi connectivity index (χ0v) is 17.6. The zero-order chi connectivity index (χ0) is 22.3. The molecule has 1 saturated heterocycles. The van der Waals surface area contributed by atoms with Gasteiger partial charge >= 0.3 is 0 Å². The van der Waals surface area contributed by atoms with Crippen molar-refractivity contribution in [1.29, 1.82) is 0 Å². The summed E-state index contributed by atoms with van der Waals surface area (Å²) in [6.07, 6.45) is 1.68. The number of likely N-dealkylation sites (N-methyl/N-ethyl adjacent to an activating group) is 1. The second kappa shape index (κ2) is 7.96. The van der Waals surface area contributed by atoms with Crippen LogP contribution in [0.4, 0.5) is 4.39 Å². The van der Waals surface area contributed by atoms with Crippen LogP contribution in [0.15, 0.2) is 54.2 Å². The monoisotopic (exact) mass is 422 g/mol. The number of benzene rings is 1. The van der Waals surface area contributed by atoms with Gasteiger partial charge in [0.2, 0.25) is 5.78 Å². The summed E-state index contributed by atoms with van der Waals surface area (Å²) in [5, 5.41) is 13.7. The molecule has 1 unspecified atom stereocenters. The van der Waals surface area contributed by atoms with Gasteiger partial charge in [-0.05, 0) is 25.1 Å². The topological polar surface area (TPSA) is 82.2 Å². The van der Waals surface area contributed by atoms with Crippen LogP contribution in [-0.2, 0) is 9.59 Å². The second-order valence-corrected chi connectivity index (χ2v) is 7.93. The number of fused-ring (bicyclic) bond motifs is 1. The number of halogens is 1. The van der Waals surface area contributed by atoms with E-state index in [0.717, 1.165) is 4.90 Å². The Bertz CT molecular complexity index is 1210. The van der Waals surface area contributed by atoms with Gasteiger partial charge in [0.1, 0.15) is 11.5 Å². The molecule has 1 fully saturated rings. The normalized spacial score (nSPS) is 18.5. The summed E-state index contributed by atoms with van der Waals surface area (Å²) in [5.41, 5.74) is 1.08. The second-order valence-electron chi connectivity index (χ2n) is 7.93. The highest BCUT2D eigenvalue weighted by molar-refractivity contribution is 6.46. The molecule has 1 aromatic carbocycles. The van der Waals surface area contributed by atoms with Crippen molar-refractivity contribution < 1.29 is 24.0 Å². The van der Waals surface area contributed by atoms with Gasteiger partial charge in [0.05, 0.1) is 44.6 Å². The van der Waals surface area contributed by atoms with Crippen molar-refractivity contribution in [1.82, 2.24) is 14.3 Å². The maximum Gasteiger partial charge on any atom is 0.295 e. The van der Waals surface area contributed by atoms with E-state index in [0.29, 0.717) is 17.9 Å². The molecule has 0 bridgehead atoms. The van der Waals surface area contributed by atoms with Gasteiger partial charge in [0.25, 0.3) is 5.91 Å². The number of aryl methyl sites for hydroxylation is 1. The van der Waals surface area contributed by atoms with Crippen molar-refractivity contribution in [2.75, 3.05) is 27.2 Å². The van der Waals surface area contributed by atoms with E-state index in [9.17, 15) is 19.1 Å². The molecule has 0 radical (unpaired) electrons. The summed E-state index contributed by atoms with van der Waals surface area (Å²) in [5.74, 6) is -2.86. The fraction of sp³-hybridized carbons (Fsp3) is 0.261. The molecule has 3 heterocycles. The Morgan fingerprint density at radius 1 is 1.16 bits per heavy atom. The van der Waals surface area contributed by atoms with Crippen molar-refractivity contribution in [2.24, 2.45) is 0 Å². The first-order valence-electron chi connectivity index (χ1n) is 10.0. The number of aromatic nitrogens is 2. The molecule has 1 N–H and O–H groups in total. The van der Waals surface area contributed by atoms with Crippen molar-refractivity contribution >= 4 is 23.1 Å². The first kappa shape index (κ1) is 20.7. The van der Waals surface area contributed by atoms with Crippen molar-refractivity contribution in [3.63, 3.8) is 0 Å². The summed E-state index contributed by atoms with van der Waals surface area (Å²) in [6, 6.07) is 10.1. The van der Waals surface area contributed by atoms with Crippen LogP contribution in [0.1, 0.15) is 23.0 Å². The van der Waals surface area contributed by atoms with Crippen LogP contribution in [0, 0.1) is 12.7 Å². The van der Waals surface area contributed by atoms with Gasteiger partial charge < -0.3 is 19.3 Å². The van der Waals surface area contributed by atoms with Gasteiger partial charge in [-0.3, -0.25) is 9.59 Å². The number of amides is 1.